The van der Waals surface area contributed by atoms with E-state index in [9.17, 15) is 13.2 Å². The highest BCUT2D eigenvalue weighted by Crippen LogP contribution is 2.39. The van der Waals surface area contributed by atoms with Crippen LogP contribution < -0.4 is 4.74 Å². The third-order valence-corrected chi connectivity index (χ3v) is 11.5. The molecule has 0 aromatic heterocycles. The van der Waals surface area contributed by atoms with E-state index in [2.05, 4.69) is 6.92 Å². The Kier molecular flexibility index (Phi) is 10.3. The summed E-state index contributed by atoms with van der Waals surface area (Å²) in [6.45, 7) is 1.58. The third-order valence-electron chi connectivity index (χ3n) is 7.78. The second-order valence-corrected chi connectivity index (χ2v) is 13.5. The first-order valence-corrected chi connectivity index (χ1v) is 15.2. The minimum absolute atomic E-state index is 0.0704. The molecule has 1 nitrogen and oxygen atoms in total. The van der Waals surface area contributed by atoms with Crippen molar-refractivity contribution in [3.05, 3.63) is 29.6 Å². The van der Waals surface area contributed by atoms with Crippen LogP contribution in [0.3, 0.4) is 0 Å². The summed E-state index contributed by atoms with van der Waals surface area (Å²) in [5.74, 6) is 1.63. The third kappa shape index (κ3) is 8.14. The van der Waals surface area contributed by atoms with Gasteiger partial charge in [-0.2, -0.15) is 0 Å². The quantitative estimate of drug-likeness (QED) is 0.241. The van der Waals surface area contributed by atoms with E-state index in [1.807, 2.05) is 6.07 Å². The molecule has 1 heterocycles. The molecule has 176 valence electrons. The molecule has 0 unspecified atom stereocenters. The molecule has 2 aliphatic rings. The van der Waals surface area contributed by atoms with E-state index in [4.69, 9.17) is 4.74 Å². The van der Waals surface area contributed by atoms with E-state index in [-0.39, 0.29) is 14.5 Å². The van der Waals surface area contributed by atoms with Crippen LogP contribution in [0, 0.1) is 17.7 Å². The van der Waals surface area contributed by atoms with Gasteiger partial charge in [0.25, 0.3) is 6.43 Å². The van der Waals surface area contributed by atoms with Crippen LogP contribution in [-0.4, -0.2) is 21.8 Å². The van der Waals surface area contributed by atoms with Crippen molar-refractivity contribution in [3.63, 3.8) is 0 Å². The molecule has 1 aromatic rings. The molecular weight excluding hydrogens is 413 g/mol. The van der Waals surface area contributed by atoms with Crippen molar-refractivity contribution in [1.82, 2.24) is 0 Å². The SMILES string of the molecule is CCC[Si@H]1CC[C@H](CCCC[C@H]2CC[C@H](c3ccc(OCC(F)F)c(F)c3)CC2)CC1. The van der Waals surface area contributed by atoms with Gasteiger partial charge < -0.3 is 4.74 Å². The van der Waals surface area contributed by atoms with E-state index >= 15 is 0 Å². The molecular formula is C26H41F3OSi. The standard InChI is InChI=1S/C26H41F3OSi/c1-2-15-31-16-13-21(14-17-31)6-4-3-5-20-7-9-22(10-8-20)23-11-12-25(24(27)18-23)30-19-26(28)29/h11-12,18,20-22,26,31H,2-10,13-17,19H2,1H3/t20-,21-,22-,31-. The van der Waals surface area contributed by atoms with Gasteiger partial charge in [0, 0.05) is 8.80 Å². The van der Waals surface area contributed by atoms with Crippen LogP contribution in [0.4, 0.5) is 13.2 Å². The number of benzene rings is 1. The van der Waals surface area contributed by atoms with Crippen molar-refractivity contribution >= 4 is 8.80 Å². The number of hydrogen-bond donors (Lipinski definition) is 0. The molecule has 31 heavy (non-hydrogen) atoms. The first kappa shape index (κ1) is 24.7. The molecule has 0 bridgehead atoms. The van der Waals surface area contributed by atoms with Gasteiger partial charge in [0.15, 0.2) is 11.6 Å². The molecule has 1 aliphatic carbocycles. The minimum Gasteiger partial charge on any atom is -0.485 e. The predicted octanol–water partition coefficient (Wildman–Crippen LogP) is 8.35. The first-order valence-electron chi connectivity index (χ1n) is 12.8. The Morgan fingerprint density at radius 3 is 2.19 bits per heavy atom. The second kappa shape index (κ2) is 12.9. The number of alkyl halides is 2. The average Bonchev–Trinajstić information content (AvgIpc) is 2.77. The summed E-state index contributed by atoms with van der Waals surface area (Å²) >= 11 is 0. The predicted molar refractivity (Wildman–Crippen MR) is 126 cm³/mol. The summed E-state index contributed by atoms with van der Waals surface area (Å²) in [5.41, 5.74) is 0.988. The highest BCUT2D eigenvalue weighted by Gasteiger charge is 2.24. The Bertz CT molecular complexity index is 638. The van der Waals surface area contributed by atoms with E-state index in [0.29, 0.717) is 5.92 Å². The van der Waals surface area contributed by atoms with E-state index in [1.54, 1.807) is 18.1 Å². The molecule has 0 N–H and O–H groups in total. The molecule has 1 saturated carbocycles. The molecule has 0 amide bonds. The van der Waals surface area contributed by atoms with E-state index in [1.165, 1.54) is 69.9 Å². The summed E-state index contributed by atoms with van der Waals surface area (Å²) in [6.07, 6.45) is 12.1. The maximum absolute atomic E-state index is 14.2. The highest BCUT2D eigenvalue weighted by molar-refractivity contribution is 6.58. The number of ether oxygens (including phenoxy) is 1. The lowest BCUT2D eigenvalue weighted by atomic mass is 9.77. The fourth-order valence-corrected chi connectivity index (χ4v) is 9.48. The Morgan fingerprint density at radius 1 is 0.968 bits per heavy atom. The van der Waals surface area contributed by atoms with Crippen LogP contribution in [0.2, 0.25) is 18.1 Å². The number of rotatable bonds is 11. The van der Waals surface area contributed by atoms with Gasteiger partial charge in [-0.3, -0.25) is 0 Å². The average molecular weight is 455 g/mol. The Labute approximate surface area is 188 Å². The summed E-state index contributed by atoms with van der Waals surface area (Å²) in [5, 5.41) is 0. The normalized spacial score (nSPS) is 26.9. The van der Waals surface area contributed by atoms with Crippen molar-refractivity contribution in [2.45, 2.75) is 108 Å². The maximum atomic E-state index is 14.2. The molecule has 5 heteroatoms. The molecule has 2 fully saturated rings. The smallest absolute Gasteiger partial charge is 0.272 e. The zero-order chi connectivity index (χ0) is 22.1. The monoisotopic (exact) mass is 454 g/mol. The summed E-state index contributed by atoms with van der Waals surface area (Å²) < 4.78 is 43.5. The molecule has 0 atom stereocenters. The molecule has 1 aliphatic heterocycles. The zero-order valence-electron chi connectivity index (χ0n) is 19.3. The lowest BCUT2D eigenvalue weighted by molar-refractivity contribution is 0.0799. The first-order chi connectivity index (χ1) is 15.0. The Hall–Kier alpha value is -0.973. The Balaban J connectivity index is 1.31. The number of halogens is 3. The van der Waals surface area contributed by atoms with E-state index in [0.717, 1.165) is 30.2 Å². The van der Waals surface area contributed by atoms with Crippen LogP contribution in [0.5, 0.6) is 5.75 Å². The largest absolute Gasteiger partial charge is 0.485 e. The highest BCUT2D eigenvalue weighted by atomic mass is 28.3. The Morgan fingerprint density at radius 2 is 1.61 bits per heavy atom. The van der Waals surface area contributed by atoms with Crippen LogP contribution in [0.15, 0.2) is 18.2 Å². The zero-order valence-corrected chi connectivity index (χ0v) is 20.4. The van der Waals surface area contributed by atoms with Crippen LogP contribution in [0.1, 0.15) is 89.0 Å². The lowest BCUT2D eigenvalue weighted by Gasteiger charge is -2.30. The van der Waals surface area contributed by atoms with Crippen molar-refractivity contribution in [1.29, 1.82) is 0 Å². The molecule has 1 saturated heterocycles. The number of unbranched alkanes of at least 4 members (excludes halogenated alkanes) is 1. The van der Waals surface area contributed by atoms with Crippen molar-refractivity contribution < 1.29 is 17.9 Å². The van der Waals surface area contributed by atoms with Gasteiger partial charge in [0.2, 0.25) is 0 Å². The van der Waals surface area contributed by atoms with Gasteiger partial charge in [0.1, 0.15) is 6.61 Å². The molecule has 0 spiro atoms. The minimum atomic E-state index is -2.59. The molecule has 0 radical (unpaired) electrons. The fourth-order valence-electron chi connectivity index (χ4n) is 5.91. The van der Waals surface area contributed by atoms with Gasteiger partial charge in [-0.15, -0.1) is 0 Å². The van der Waals surface area contributed by atoms with E-state index < -0.39 is 18.8 Å². The number of hydrogen-bond acceptors (Lipinski definition) is 1. The van der Waals surface area contributed by atoms with Crippen LogP contribution >= 0.6 is 0 Å². The topological polar surface area (TPSA) is 9.23 Å². The van der Waals surface area contributed by atoms with Crippen molar-refractivity contribution in [2.24, 2.45) is 11.8 Å². The summed E-state index contributed by atoms with van der Waals surface area (Å²) in [7, 11) is -0.336. The molecule has 1 aromatic carbocycles. The van der Waals surface area contributed by atoms with Gasteiger partial charge in [-0.25, -0.2) is 13.2 Å². The van der Waals surface area contributed by atoms with Gasteiger partial charge in [-0.1, -0.05) is 76.1 Å². The van der Waals surface area contributed by atoms with Gasteiger partial charge in [-0.05, 0) is 61.1 Å². The van der Waals surface area contributed by atoms with Crippen LogP contribution in [0.25, 0.3) is 0 Å². The van der Waals surface area contributed by atoms with Gasteiger partial charge in [0.05, 0.1) is 0 Å². The fraction of sp³-hybridized carbons (Fsp3) is 0.769. The van der Waals surface area contributed by atoms with Gasteiger partial charge >= 0.3 is 0 Å². The van der Waals surface area contributed by atoms with Crippen molar-refractivity contribution in [2.75, 3.05) is 6.61 Å². The maximum Gasteiger partial charge on any atom is 0.272 e. The van der Waals surface area contributed by atoms with Crippen LogP contribution in [-0.2, 0) is 0 Å². The lowest BCUT2D eigenvalue weighted by Crippen LogP contribution is -2.21. The summed E-state index contributed by atoms with van der Waals surface area (Å²) in [6, 6.07) is 9.62. The molecule has 3 rings (SSSR count). The second-order valence-electron chi connectivity index (χ2n) is 10.1. The van der Waals surface area contributed by atoms with Crippen molar-refractivity contribution in [3.8, 4) is 5.75 Å². The summed E-state index contributed by atoms with van der Waals surface area (Å²) in [4.78, 5) is 0.